The third-order valence-corrected chi connectivity index (χ3v) is 25.4. The van der Waals surface area contributed by atoms with Gasteiger partial charge in [-0.25, -0.2) is 0 Å². The van der Waals surface area contributed by atoms with Crippen molar-refractivity contribution < 1.29 is 0 Å². The Bertz CT molecular complexity index is 4210. The summed E-state index contributed by atoms with van der Waals surface area (Å²) in [5.74, 6) is 6.91. The zero-order valence-electron chi connectivity index (χ0n) is 60.2. The SMILES string of the molecule is C1=CC2C(=C1)C(Cc1ccc(CCCCC3CCCC3)cc1)=CC=C2c1ccc2c(c1)CCC2.CCc1cccc(C2=CC=C(Cc3ccc(C4CCC(C5CC5)CC4)cc3)C3=CC=CC32)c1.CCc1cccc(C2=CC=C(Cc3ccc(C4CCC(CC)CC4)cc3)C3=CC=CC32)c1. The second-order valence-corrected chi connectivity index (χ2v) is 31.6. The van der Waals surface area contributed by atoms with E-state index in [0.29, 0.717) is 17.8 Å². The van der Waals surface area contributed by atoms with Crippen LogP contribution >= 0.6 is 0 Å². The van der Waals surface area contributed by atoms with Gasteiger partial charge in [-0.1, -0.05) is 296 Å². The average molecular weight is 1300 g/mol. The van der Waals surface area contributed by atoms with E-state index in [1.54, 1.807) is 22.3 Å². The molecule has 506 valence electrons. The van der Waals surface area contributed by atoms with Gasteiger partial charge in [0.25, 0.3) is 0 Å². The van der Waals surface area contributed by atoms with Gasteiger partial charge in [-0.2, -0.15) is 0 Å². The number of hydrogen-bond acceptors (Lipinski definition) is 0. The Kier molecular flexibility index (Phi) is 21.5. The highest BCUT2D eigenvalue weighted by Crippen LogP contribution is 2.49. The highest BCUT2D eigenvalue weighted by Gasteiger charge is 2.35. The van der Waals surface area contributed by atoms with Crippen molar-refractivity contribution in [3.8, 4) is 0 Å². The first kappa shape index (κ1) is 67.0. The van der Waals surface area contributed by atoms with Gasteiger partial charge in [-0.3, -0.25) is 0 Å². The minimum absolute atomic E-state index is 0.398. The van der Waals surface area contributed by atoms with E-state index in [1.807, 2.05) is 0 Å². The minimum atomic E-state index is 0.398. The van der Waals surface area contributed by atoms with Gasteiger partial charge < -0.3 is 0 Å². The van der Waals surface area contributed by atoms with Crippen molar-refractivity contribution >= 4 is 16.7 Å². The van der Waals surface area contributed by atoms with Crippen LogP contribution in [-0.2, 0) is 51.4 Å². The van der Waals surface area contributed by atoms with Gasteiger partial charge in [0.15, 0.2) is 0 Å². The van der Waals surface area contributed by atoms with Gasteiger partial charge in [0, 0.05) is 17.8 Å². The molecule has 0 nitrogen and oxygen atoms in total. The Morgan fingerprint density at radius 2 is 0.758 bits per heavy atom. The molecular formula is C99H110. The Labute approximate surface area is 596 Å². The van der Waals surface area contributed by atoms with Crippen LogP contribution in [0.5, 0.6) is 0 Å². The lowest BCUT2D eigenvalue weighted by Crippen LogP contribution is -2.14. The molecule has 0 radical (unpaired) electrons. The summed E-state index contributed by atoms with van der Waals surface area (Å²) in [7, 11) is 0. The smallest absolute Gasteiger partial charge is 0.0281 e. The fraction of sp³-hybridized carbons (Fsp3) is 0.394. The van der Waals surface area contributed by atoms with Crippen LogP contribution in [0.2, 0.25) is 0 Å². The van der Waals surface area contributed by atoms with Crippen molar-refractivity contribution in [1.82, 2.24) is 0 Å². The molecule has 0 bridgehead atoms. The van der Waals surface area contributed by atoms with Gasteiger partial charge >= 0.3 is 0 Å². The van der Waals surface area contributed by atoms with Crippen molar-refractivity contribution in [2.75, 3.05) is 0 Å². The molecular weight excluding hydrogens is 1190 g/mol. The first-order valence-electron chi connectivity index (χ1n) is 39.8. The molecule has 0 aliphatic heterocycles. The number of fused-ring (bicyclic) bond motifs is 4. The molecule has 3 unspecified atom stereocenters. The van der Waals surface area contributed by atoms with Crippen molar-refractivity contribution in [1.29, 1.82) is 0 Å². The maximum Gasteiger partial charge on any atom is 0.0281 e. The lowest BCUT2D eigenvalue weighted by atomic mass is 9.76. The largest absolute Gasteiger partial charge is 0.0726 e. The highest BCUT2D eigenvalue weighted by atomic mass is 14.4. The van der Waals surface area contributed by atoms with E-state index < -0.39 is 0 Å². The molecule has 3 atom stereocenters. The van der Waals surface area contributed by atoms with E-state index in [-0.39, 0.29) is 0 Å². The number of unbranched alkanes of at least 4 members (excludes halogenated alkanes) is 1. The molecule has 4 saturated carbocycles. The molecule has 0 aromatic heterocycles. The Morgan fingerprint density at radius 3 is 1.22 bits per heavy atom. The fourth-order valence-corrected chi connectivity index (χ4v) is 19.1. The van der Waals surface area contributed by atoms with Crippen molar-refractivity contribution in [2.24, 2.45) is 41.4 Å². The van der Waals surface area contributed by atoms with Gasteiger partial charge in [0.05, 0.1) is 0 Å². The minimum Gasteiger partial charge on any atom is -0.0726 e. The molecule has 6 aromatic rings. The zero-order chi connectivity index (χ0) is 66.9. The Balaban J connectivity index is 0.000000121. The molecule has 99 heavy (non-hydrogen) atoms. The molecule has 0 heterocycles. The third kappa shape index (κ3) is 16.0. The summed E-state index contributed by atoms with van der Waals surface area (Å²) in [4.78, 5) is 0. The van der Waals surface area contributed by atoms with Crippen molar-refractivity contribution in [2.45, 2.75) is 206 Å². The molecule has 4 fully saturated rings. The predicted molar refractivity (Wildman–Crippen MR) is 423 cm³/mol. The number of hydrogen-bond donors (Lipinski definition) is 0. The standard InChI is InChI=1S/C34H38.C33H36.C32H36/c1-2-8-25(7-1)9-3-4-10-26-15-17-27(18-16-26)23-30-21-22-33(34-14-6-13-32(30)34)31-20-19-28-11-5-12-29(28)24-31;1-2-23-5-3-6-29(21-23)32-20-19-30(31-7-4-8-33(31)32)22-24-9-11-25(12-10-24)26-13-15-27(16-14-26)28-17-18-28;1-3-23-11-15-26(16-12-23)27-17-13-25(14-18-27)22-29-19-20-31(32-10-6-9-30(29)32)28-8-5-7-24(4-2)21-28/h6,13-22,24-25,34H,1-5,7-12,23H2;3-12,19-21,26-28,33H,2,13-18,22H2,1H3;5-10,13-14,17-21,23,26,32H,3-4,11-12,15-16,22H2,1-2H3. The van der Waals surface area contributed by atoms with Gasteiger partial charge in [0.2, 0.25) is 0 Å². The average Bonchev–Trinajstić information content (AvgIpc) is 1.76. The molecule has 6 aromatic carbocycles. The van der Waals surface area contributed by atoms with E-state index in [9.17, 15) is 0 Å². The summed E-state index contributed by atoms with van der Waals surface area (Å²) < 4.78 is 0. The maximum atomic E-state index is 2.46. The molecule has 11 aliphatic carbocycles. The molecule has 0 spiro atoms. The second kappa shape index (κ2) is 31.8. The molecule has 0 saturated heterocycles. The van der Waals surface area contributed by atoms with Crippen LogP contribution < -0.4 is 0 Å². The van der Waals surface area contributed by atoms with Crippen LogP contribution in [0.25, 0.3) is 16.7 Å². The van der Waals surface area contributed by atoms with Crippen LogP contribution in [0.3, 0.4) is 0 Å². The van der Waals surface area contributed by atoms with Crippen molar-refractivity contribution in [3.05, 3.63) is 336 Å². The van der Waals surface area contributed by atoms with Crippen LogP contribution in [0, 0.1) is 41.4 Å². The summed E-state index contributed by atoms with van der Waals surface area (Å²) in [6.07, 6.45) is 71.2. The number of benzene rings is 6. The normalized spacial score (nSPS) is 24.1. The predicted octanol–water partition coefficient (Wildman–Crippen LogP) is 26.0. The summed E-state index contributed by atoms with van der Waals surface area (Å²) >= 11 is 0. The second-order valence-electron chi connectivity index (χ2n) is 31.6. The van der Waals surface area contributed by atoms with Gasteiger partial charge in [-0.05, 0) is 286 Å². The fourth-order valence-electron chi connectivity index (χ4n) is 19.1. The monoisotopic (exact) mass is 1300 g/mol. The lowest BCUT2D eigenvalue weighted by Gasteiger charge is -2.29. The number of aryl methyl sites for hydroxylation is 5. The first-order valence-corrected chi connectivity index (χ1v) is 39.8. The molecule has 0 heteroatoms. The van der Waals surface area contributed by atoms with Crippen LogP contribution in [-0.4, -0.2) is 0 Å². The molecule has 11 aliphatic rings. The summed E-state index contributed by atoms with van der Waals surface area (Å²) in [5.41, 5.74) is 32.2. The van der Waals surface area contributed by atoms with E-state index in [1.165, 1.54) is 241 Å². The van der Waals surface area contributed by atoms with Crippen LogP contribution in [0.4, 0.5) is 0 Å². The van der Waals surface area contributed by atoms with E-state index in [4.69, 9.17) is 0 Å². The first-order chi connectivity index (χ1) is 48.9. The highest BCUT2D eigenvalue weighted by molar-refractivity contribution is 5.81. The third-order valence-electron chi connectivity index (χ3n) is 25.4. The van der Waals surface area contributed by atoms with Crippen molar-refractivity contribution in [3.63, 3.8) is 0 Å². The zero-order valence-corrected chi connectivity index (χ0v) is 60.2. The van der Waals surface area contributed by atoms with Crippen LogP contribution in [0.1, 0.15) is 227 Å². The van der Waals surface area contributed by atoms with Gasteiger partial charge in [0.1, 0.15) is 0 Å². The van der Waals surface area contributed by atoms with E-state index in [0.717, 1.165) is 67.6 Å². The number of rotatable bonds is 20. The quantitative estimate of drug-likeness (QED) is 0.0669. The molecule has 17 rings (SSSR count). The Hall–Kier alpha value is -7.80. The molecule has 0 N–H and O–H groups in total. The topological polar surface area (TPSA) is 0 Å². The Morgan fingerprint density at radius 1 is 0.323 bits per heavy atom. The number of allylic oxidation sites excluding steroid dienone is 24. The van der Waals surface area contributed by atoms with E-state index in [2.05, 4.69) is 251 Å². The summed E-state index contributed by atoms with van der Waals surface area (Å²) in [6, 6.07) is 54.0. The van der Waals surface area contributed by atoms with Gasteiger partial charge in [-0.15, -0.1) is 0 Å². The molecule has 0 amide bonds. The summed E-state index contributed by atoms with van der Waals surface area (Å²) in [6.45, 7) is 6.81. The van der Waals surface area contributed by atoms with Crippen LogP contribution in [0.15, 0.2) is 264 Å². The maximum absolute atomic E-state index is 2.46. The summed E-state index contributed by atoms with van der Waals surface area (Å²) in [5, 5.41) is 0. The lowest BCUT2D eigenvalue weighted by molar-refractivity contribution is 0.296. The van der Waals surface area contributed by atoms with E-state index >= 15 is 0 Å².